The van der Waals surface area contributed by atoms with E-state index in [2.05, 4.69) is 34.1 Å². The molecule has 0 atom stereocenters. The van der Waals surface area contributed by atoms with E-state index in [1.165, 1.54) is 17.7 Å². The molecule has 1 fully saturated rings. The number of benzene rings is 2. The van der Waals surface area contributed by atoms with Gasteiger partial charge >= 0.3 is 6.18 Å². The Bertz CT molecular complexity index is 718. The van der Waals surface area contributed by atoms with E-state index in [9.17, 15) is 13.2 Å². The minimum atomic E-state index is -4.28. The highest BCUT2D eigenvalue weighted by Gasteiger charge is 2.30. The summed E-state index contributed by atoms with van der Waals surface area (Å²) in [6.07, 6.45) is 0.00655. The zero-order valence-corrected chi connectivity index (χ0v) is 14.6. The van der Waals surface area contributed by atoms with E-state index in [1.807, 2.05) is 18.2 Å². The van der Waals surface area contributed by atoms with Crippen LogP contribution in [-0.2, 0) is 12.7 Å². The van der Waals surface area contributed by atoms with Gasteiger partial charge in [-0.3, -0.25) is 9.80 Å². The van der Waals surface area contributed by atoms with Crippen LogP contribution in [0.25, 0.3) is 6.08 Å². The van der Waals surface area contributed by atoms with Gasteiger partial charge in [0.05, 0.1) is 5.56 Å². The predicted molar refractivity (Wildman–Crippen MR) is 98.6 cm³/mol. The molecule has 26 heavy (non-hydrogen) atoms. The van der Waals surface area contributed by atoms with Crippen LogP contribution in [0.15, 0.2) is 60.7 Å². The van der Waals surface area contributed by atoms with E-state index in [4.69, 9.17) is 0 Å². The highest BCUT2D eigenvalue weighted by atomic mass is 19.4. The maximum absolute atomic E-state index is 12.8. The number of nitrogens with zero attached hydrogens (tertiary/aromatic N) is 2. The molecule has 1 heterocycles. The standard InChI is InChI=1S/C21H23F3N2/c22-21(23,24)20-10-4-8-19(16-20)17-26-14-12-25(13-15-26)11-5-9-18-6-2-1-3-7-18/h1-10,16H,11-15,17H2. The van der Waals surface area contributed by atoms with Gasteiger partial charge in [-0.15, -0.1) is 0 Å². The first-order valence-corrected chi connectivity index (χ1v) is 8.83. The van der Waals surface area contributed by atoms with E-state index in [1.54, 1.807) is 6.07 Å². The molecule has 0 aromatic heterocycles. The first kappa shape index (κ1) is 18.7. The Hall–Kier alpha value is -2.11. The van der Waals surface area contributed by atoms with Crippen LogP contribution in [-0.4, -0.2) is 42.5 Å². The van der Waals surface area contributed by atoms with Crippen molar-refractivity contribution in [2.24, 2.45) is 0 Å². The van der Waals surface area contributed by atoms with Gasteiger partial charge in [0.15, 0.2) is 0 Å². The van der Waals surface area contributed by atoms with Gasteiger partial charge in [-0.25, -0.2) is 0 Å². The Morgan fingerprint density at radius 3 is 2.23 bits per heavy atom. The van der Waals surface area contributed by atoms with Crippen molar-refractivity contribution in [2.75, 3.05) is 32.7 Å². The fraction of sp³-hybridized carbons (Fsp3) is 0.333. The molecular weight excluding hydrogens is 337 g/mol. The number of hydrogen-bond donors (Lipinski definition) is 0. The van der Waals surface area contributed by atoms with Crippen LogP contribution in [0.3, 0.4) is 0 Å². The normalized spacial score (nSPS) is 17.0. The number of piperazine rings is 1. The van der Waals surface area contributed by atoms with Crippen molar-refractivity contribution in [1.29, 1.82) is 0 Å². The van der Waals surface area contributed by atoms with Crippen LogP contribution in [0.1, 0.15) is 16.7 Å². The zero-order valence-electron chi connectivity index (χ0n) is 14.6. The van der Waals surface area contributed by atoms with E-state index in [0.29, 0.717) is 6.54 Å². The molecule has 5 heteroatoms. The van der Waals surface area contributed by atoms with Gasteiger partial charge < -0.3 is 0 Å². The Labute approximate surface area is 152 Å². The Morgan fingerprint density at radius 2 is 1.54 bits per heavy atom. The summed E-state index contributed by atoms with van der Waals surface area (Å²) in [6.45, 7) is 5.06. The molecule has 0 N–H and O–H groups in total. The molecular formula is C21H23F3N2. The highest BCUT2D eigenvalue weighted by Crippen LogP contribution is 2.29. The molecule has 0 radical (unpaired) electrons. The summed E-state index contributed by atoms with van der Waals surface area (Å²) in [7, 11) is 0. The summed E-state index contributed by atoms with van der Waals surface area (Å²) in [5, 5.41) is 0. The summed E-state index contributed by atoms with van der Waals surface area (Å²) in [5.41, 5.74) is 1.34. The highest BCUT2D eigenvalue weighted by molar-refractivity contribution is 5.48. The van der Waals surface area contributed by atoms with E-state index >= 15 is 0 Å². The van der Waals surface area contributed by atoms with Crippen molar-refractivity contribution < 1.29 is 13.2 Å². The van der Waals surface area contributed by atoms with E-state index in [-0.39, 0.29) is 0 Å². The van der Waals surface area contributed by atoms with Gasteiger partial charge in [0.2, 0.25) is 0 Å². The average Bonchev–Trinajstić information content (AvgIpc) is 2.64. The van der Waals surface area contributed by atoms with Crippen molar-refractivity contribution in [1.82, 2.24) is 9.80 Å². The molecule has 1 aliphatic heterocycles. The molecule has 2 nitrogen and oxygen atoms in total. The van der Waals surface area contributed by atoms with Crippen LogP contribution < -0.4 is 0 Å². The molecule has 0 amide bonds. The third kappa shape index (κ3) is 5.44. The largest absolute Gasteiger partial charge is 0.416 e. The fourth-order valence-corrected chi connectivity index (χ4v) is 3.14. The smallest absolute Gasteiger partial charge is 0.297 e. The van der Waals surface area contributed by atoms with Gasteiger partial charge in [0.25, 0.3) is 0 Å². The second-order valence-electron chi connectivity index (χ2n) is 6.59. The second kappa shape index (κ2) is 8.52. The third-order valence-electron chi connectivity index (χ3n) is 4.60. The molecule has 0 aliphatic carbocycles. The monoisotopic (exact) mass is 360 g/mol. The molecule has 3 rings (SSSR count). The third-order valence-corrected chi connectivity index (χ3v) is 4.60. The number of halogens is 3. The van der Waals surface area contributed by atoms with Crippen LogP contribution in [0, 0.1) is 0 Å². The van der Waals surface area contributed by atoms with E-state index < -0.39 is 11.7 Å². The minimum Gasteiger partial charge on any atom is -0.297 e. The molecule has 0 spiro atoms. The lowest BCUT2D eigenvalue weighted by Crippen LogP contribution is -2.45. The zero-order chi connectivity index (χ0) is 18.4. The Kier molecular flexibility index (Phi) is 6.12. The lowest BCUT2D eigenvalue weighted by molar-refractivity contribution is -0.137. The first-order chi connectivity index (χ1) is 12.5. The van der Waals surface area contributed by atoms with Gasteiger partial charge in [0.1, 0.15) is 0 Å². The van der Waals surface area contributed by atoms with Crippen LogP contribution in [0.5, 0.6) is 0 Å². The number of alkyl halides is 3. The van der Waals surface area contributed by atoms with Gasteiger partial charge in [-0.2, -0.15) is 13.2 Å². The van der Waals surface area contributed by atoms with Crippen LogP contribution >= 0.6 is 0 Å². The minimum absolute atomic E-state index is 0.567. The number of rotatable bonds is 5. The summed E-state index contributed by atoms with van der Waals surface area (Å²) in [5.74, 6) is 0. The van der Waals surface area contributed by atoms with Crippen molar-refractivity contribution in [3.05, 3.63) is 77.4 Å². The summed E-state index contributed by atoms with van der Waals surface area (Å²) in [4.78, 5) is 4.58. The van der Waals surface area contributed by atoms with Crippen molar-refractivity contribution in [2.45, 2.75) is 12.7 Å². The quantitative estimate of drug-likeness (QED) is 0.773. The maximum atomic E-state index is 12.8. The lowest BCUT2D eigenvalue weighted by Gasteiger charge is -2.34. The van der Waals surface area contributed by atoms with Crippen LogP contribution in [0.2, 0.25) is 0 Å². The van der Waals surface area contributed by atoms with Gasteiger partial charge in [-0.05, 0) is 17.2 Å². The molecule has 138 valence electrons. The van der Waals surface area contributed by atoms with Gasteiger partial charge in [-0.1, -0.05) is 60.7 Å². The maximum Gasteiger partial charge on any atom is 0.416 e. The molecule has 0 bridgehead atoms. The SMILES string of the molecule is FC(F)(F)c1cccc(CN2CCN(CC=Cc3ccccc3)CC2)c1. The number of hydrogen-bond acceptors (Lipinski definition) is 2. The molecule has 0 saturated carbocycles. The molecule has 2 aromatic carbocycles. The van der Waals surface area contributed by atoms with Crippen molar-refractivity contribution >= 4 is 6.08 Å². The predicted octanol–water partition coefficient (Wildman–Crippen LogP) is 4.54. The molecule has 0 unspecified atom stereocenters. The van der Waals surface area contributed by atoms with Crippen molar-refractivity contribution in [3.63, 3.8) is 0 Å². The fourth-order valence-electron chi connectivity index (χ4n) is 3.14. The Morgan fingerprint density at radius 1 is 0.846 bits per heavy atom. The second-order valence-corrected chi connectivity index (χ2v) is 6.59. The summed E-state index contributed by atoms with van der Waals surface area (Å²) < 4.78 is 38.4. The Balaban J connectivity index is 1.46. The molecule has 1 aliphatic rings. The van der Waals surface area contributed by atoms with Crippen LogP contribution in [0.4, 0.5) is 13.2 Å². The van der Waals surface area contributed by atoms with E-state index in [0.717, 1.165) is 44.4 Å². The van der Waals surface area contributed by atoms with Gasteiger partial charge in [0, 0.05) is 39.3 Å². The molecule has 2 aromatic rings. The average molecular weight is 360 g/mol. The van der Waals surface area contributed by atoms with Crippen molar-refractivity contribution in [3.8, 4) is 0 Å². The lowest BCUT2D eigenvalue weighted by atomic mass is 10.1. The molecule has 1 saturated heterocycles. The topological polar surface area (TPSA) is 6.48 Å². The summed E-state index contributed by atoms with van der Waals surface area (Å²) in [6, 6.07) is 15.8. The summed E-state index contributed by atoms with van der Waals surface area (Å²) >= 11 is 0. The first-order valence-electron chi connectivity index (χ1n) is 8.83.